The zero-order chi connectivity index (χ0) is 33.3. The van der Waals surface area contributed by atoms with E-state index in [9.17, 15) is 71.5 Å². The van der Waals surface area contributed by atoms with Crippen LogP contribution < -0.4 is 0 Å². The molecule has 45 heavy (non-hydrogen) atoms. The van der Waals surface area contributed by atoms with Gasteiger partial charge < -0.3 is 105 Å². The molecule has 0 aromatic rings. The summed E-state index contributed by atoms with van der Waals surface area (Å²) < 4.78 is 37.7. The maximum absolute atomic E-state index is 10.8. The standard InChI is InChI=1S/C24H42O21/c25-1-5-9(28)11(30)16(35)23(41-5)44-19-7(3-27)43-22(18(37)14(19)33)39-4-8-20(13(32)15(34)21(38)40-8)45-24-17(36)12(31)10(29)6(2-26)42-24/h5-38H,1-4H2/t5-,6-,7-,8-,9+,10+,11+,12+,13-,14-,15-,16-,17-,18-,19-,20-,21?,22-,23+,24+/m1/s1. The summed E-state index contributed by atoms with van der Waals surface area (Å²) in [5.41, 5.74) is 0. The highest BCUT2D eigenvalue weighted by Crippen LogP contribution is 2.32. The van der Waals surface area contributed by atoms with Gasteiger partial charge in [-0.3, -0.25) is 0 Å². The molecule has 4 aliphatic heterocycles. The molecule has 4 aliphatic rings. The Bertz CT molecular complexity index is 912. The van der Waals surface area contributed by atoms with Crippen LogP contribution in [0.1, 0.15) is 0 Å². The summed E-state index contributed by atoms with van der Waals surface area (Å²) in [5, 5.41) is 142. The molecule has 0 aliphatic carbocycles. The second-order valence-electron chi connectivity index (χ2n) is 11.2. The first-order valence-corrected chi connectivity index (χ1v) is 14.1. The van der Waals surface area contributed by atoms with E-state index in [1.54, 1.807) is 0 Å². The minimum Gasteiger partial charge on any atom is -0.394 e. The van der Waals surface area contributed by atoms with Crippen molar-refractivity contribution >= 4 is 0 Å². The van der Waals surface area contributed by atoms with Crippen molar-refractivity contribution in [1.29, 1.82) is 0 Å². The Kier molecular flexibility index (Phi) is 12.8. The average molecular weight is 667 g/mol. The van der Waals surface area contributed by atoms with Gasteiger partial charge in [-0.1, -0.05) is 0 Å². The van der Waals surface area contributed by atoms with E-state index >= 15 is 0 Å². The molecule has 4 rings (SSSR count). The van der Waals surface area contributed by atoms with Crippen LogP contribution in [0.5, 0.6) is 0 Å². The van der Waals surface area contributed by atoms with Crippen LogP contribution in [-0.2, 0) is 33.2 Å². The smallest absolute Gasteiger partial charge is 0.187 e. The fourth-order valence-corrected chi connectivity index (χ4v) is 5.44. The Balaban J connectivity index is 1.43. The first-order valence-electron chi connectivity index (χ1n) is 14.1. The summed E-state index contributed by atoms with van der Waals surface area (Å²) in [6, 6.07) is 0. The lowest BCUT2D eigenvalue weighted by Gasteiger charge is -2.47. The summed E-state index contributed by atoms with van der Waals surface area (Å²) in [5.74, 6) is 0. The Morgan fingerprint density at radius 1 is 0.378 bits per heavy atom. The number of hydrogen-bond donors (Lipinski definition) is 14. The first-order chi connectivity index (χ1) is 21.2. The molecular weight excluding hydrogens is 624 g/mol. The minimum absolute atomic E-state index is 0.728. The van der Waals surface area contributed by atoms with E-state index in [1.165, 1.54) is 0 Å². The summed E-state index contributed by atoms with van der Waals surface area (Å²) >= 11 is 0. The number of aliphatic hydroxyl groups is 14. The topological polar surface area (TPSA) is 348 Å². The van der Waals surface area contributed by atoms with Gasteiger partial charge in [-0.2, -0.15) is 0 Å². The second-order valence-corrected chi connectivity index (χ2v) is 11.2. The minimum atomic E-state index is -1.99. The molecule has 264 valence electrons. The van der Waals surface area contributed by atoms with Crippen molar-refractivity contribution in [1.82, 2.24) is 0 Å². The highest BCUT2D eigenvalue weighted by molar-refractivity contribution is 4.96. The Morgan fingerprint density at radius 3 is 1.24 bits per heavy atom. The average Bonchev–Trinajstić information content (AvgIpc) is 3.03. The van der Waals surface area contributed by atoms with Crippen molar-refractivity contribution in [2.45, 2.75) is 123 Å². The molecule has 4 fully saturated rings. The lowest BCUT2D eigenvalue weighted by molar-refractivity contribution is -0.372. The number of rotatable bonds is 10. The van der Waals surface area contributed by atoms with Crippen molar-refractivity contribution in [3.05, 3.63) is 0 Å². The van der Waals surface area contributed by atoms with Crippen LogP contribution in [0.15, 0.2) is 0 Å². The van der Waals surface area contributed by atoms with Gasteiger partial charge >= 0.3 is 0 Å². The van der Waals surface area contributed by atoms with Crippen LogP contribution >= 0.6 is 0 Å². The molecule has 14 N–H and O–H groups in total. The molecule has 0 aromatic heterocycles. The maximum atomic E-state index is 10.8. The normalized spacial score (nSPS) is 52.9. The summed E-state index contributed by atoms with van der Waals surface area (Å²) in [6.45, 7) is -3.16. The van der Waals surface area contributed by atoms with Crippen LogP contribution in [-0.4, -0.2) is 221 Å². The number of ether oxygens (including phenoxy) is 7. The third kappa shape index (κ3) is 7.59. The van der Waals surface area contributed by atoms with E-state index in [0.29, 0.717) is 0 Å². The van der Waals surface area contributed by atoms with Crippen LogP contribution in [0.4, 0.5) is 0 Å². The fraction of sp³-hybridized carbons (Fsp3) is 1.00. The van der Waals surface area contributed by atoms with Gasteiger partial charge in [0.2, 0.25) is 0 Å². The van der Waals surface area contributed by atoms with Crippen molar-refractivity contribution in [2.75, 3.05) is 26.4 Å². The molecule has 4 heterocycles. The van der Waals surface area contributed by atoms with Crippen molar-refractivity contribution in [3.8, 4) is 0 Å². The number of aliphatic hydroxyl groups excluding tert-OH is 14. The SMILES string of the molecule is OC[C@H]1O[C@@H](O[C@H]2[C@H](O)[C@@H](O)[C@H](OC[C@H]3OC(O)[C@H](O)[C@@H](O)[C@@H]3O[C@@H]3O[C@H](CO)[C@H](O)[C@H](O)[C@H]3O)O[C@@H]2CO)[C@H](O)[C@@H](O)[C@H]1O. The van der Waals surface area contributed by atoms with Gasteiger partial charge in [0.25, 0.3) is 0 Å². The monoisotopic (exact) mass is 666 g/mol. The van der Waals surface area contributed by atoms with Gasteiger partial charge in [-0.15, -0.1) is 0 Å². The molecule has 20 atom stereocenters. The molecule has 21 heteroatoms. The van der Waals surface area contributed by atoms with Crippen molar-refractivity contribution in [3.63, 3.8) is 0 Å². The Labute approximate surface area is 254 Å². The van der Waals surface area contributed by atoms with Crippen LogP contribution in [0.25, 0.3) is 0 Å². The Hall–Kier alpha value is -0.840. The molecule has 0 spiro atoms. The van der Waals surface area contributed by atoms with Crippen molar-refractivity contribution in [2.24, 2.45) is 0 Å². The Morgan fingerprint density at radius 2 is 0.778 bits per heavy atom. The van der Waals surface area contributed by atoms with Crippen LogP contribution in [0.3, 0.4) is 0 Å². The van der Waals surface area contributed by atoms with Gasteiger partial charge in [0.1, 0.15) is 97.7 Å². The first kappa shape index (κ1) is 37.0. The van der Waals surface area contributed by atoms with Gasteiger partial charge in [0.05, 0.1) is 26.4 Å². The predicted octanol–water partition coefficient (Wildman–Crippen LogP) is -9.75. The molecule has 4 saturated heterocycles. The lowest BCUT2D eigenvalue weighted by atomic mass is 9.96. The molecular formula is C24H42O21. The van der Waals surface area contributed by atoms with E-state index in [4.69, 9.17) is 33.2 Å². The zero-order valence-electron chi connectivity index (χ0n) is 23.5. The highest BCUT2D eigenvalue weighted by atomic mass is 16.8. The van der Waals surface area contributed by atoms with Crippen LogP contribution in [0.2, 0.25) is 0 Å². The van der Waals surface area contributed by atoms with Gasteiger partial charge in [-0.05, 0) is 0 Å². The zero-order valence-corrected chi connectivity index (χ0v) is 23.5. The van der Waals surface area contributed by atoms with E-state index < -0.39 is 149 Å². The van der Waals surface area contributed by atoms with E-state index in [0.717, 1.165) is 0 Å². The molecule has 0 aromatic carbocycles. The molecule has 21 nitrogen and oxygen atoms in total. The summed E-state index contributed by atoms with van der Waals surface area (Å²) in [4.78, 5) is 0. The quantitative estimate of drug-likeness (QED) is 0.103. The third-order valence-electron chi connectivity index (χ3n) is 8.18. The second kappa shape index (κ2) is 15.6. The van der Waals surface area contributed by atoms with E-state index in [2.05, 4.69) is 0 Å². The molecule has 0 bridgehead atoms. The number of hydrogen-bond acceptors (Lipinski definition) is 21. The maximum Gasteiger partial charge on any atom is 0.187 e. The fourth-order valence-electron chi connectivity index (χ4n) is 5.44. The predicted molar refractivity (Wildman–Crippen MR) is 134 cm³/mol. The molecule has 1 unspecified atom stereocenters. The van der Waals surface area contributed by atoms with Gasteiger partial charge in [0.15, 0.2) is 25.2 Å². The highest BCUT2D eigenvalue weighted by Gasteiger charge is 2.53. The van der Waals surface area contributed by atoms with Crippen LogP contribution in [0, 0.1) is 0 Å². The van der Waals surface area contributed by atoms with Crippen molar-refractivity contribution < 1.29 is 105 Å². The lowest BCUT2D eigenvalue weighted by Crippen LogP contribution is -2.66. The summed E-state index contributed by atoms with van der Waals surface area (Å²) in [6.07, 6.45) is -35.0. The molecule has 0 amide bonds. The largest absolute Gasteiger partial charge is 0.394 e. The molecule has 0 saturated carbocycles. The van der Waals surface area contributed by atoms with Gasteiger partial charge in [0, 0.05) is 0 Å². The van der Waals surface area contributed by atoms with Gasteiger partial charge in [-0.25, -0.2) is 0 Å². The van der Waals surface area contributed by atoms with E-state index in [-0.39, 0.29) is 0 Å². The van der Waals surface area contributed by atoms with E-state index in [1.807, 2.05) is 0 Å². The summed E-state index contributed by atoms with van der Waals surface area (Å²) in [7, 11) is 0. The third-order valence-corrected chi connectivity index (χ3v) is 8.18. The molecule has 0 radical (unpaired) electrons.